The molecule has 0 heterocycles. The molecule has 7 heteroatoms. The largest absolute Gasteiger partial charge is 2.00 e. The van der Waals surface area contributed by atoms with Gasteiger partial charge in [0.25, 0.3) is 5.69 Å². The molecular formula is C13H9FeNO4S. The van der Waals surface area contributed by atoms with Crippen molar-refractivity contribution < 1.29 is 31.3 Å². The number of benzene rings is 1. The minimum Gasteiger partial charge on any atom is -0.214 e. The maximum absolute atomic E-state index is 10.1. The Labute approximate surface area is 132 Å². The molecule has 2 aromatic rings. The third-order valence-electron chi connectivity index (χ3n) is 1.58. The van der Waals surface area contributed by atoms with Crippen LogP contribution in [0.4, 0.5) is 5.69 Å². The van der Waals surface area contributed by atoms with Gasteiger partial charge < -0.3 is 12.6 Å². The Morgan fingerprint density at radius 2 is 1.60 bits per heavy atom. The van der Waals surface area contributed by atoms with Crippen molar-refractivity contribution in [3.63, 3.8) is 0 Å². The predicted molar refractivity (Wildman–Crippen MR) is 68.6 cm³/mol. The standard InChI is InChI=1S/C6H5NO2S.C5H5.2CO.Fe/c8-7(9)5-2-1-3-6(10)4-5;1-2-4-5-3-1;2*1-2;/h1-4,10H;1-5H;;;/q;-1;;;+2/p-1. The summed E-state index contributed by atoms with van der Waals surface area (Å²) in [7, 11) is 0. The van der Waals surface area contributed by atoms with E-state index >= 15 is 0 Å². The Morgan fingerprint density at radius 1 is 1.10 bits per heavy atom. The first-order chi connectivity index (χ1) is 9.20. The molecule has 0 aliphatic heterocycles. The second kappa shape index (κ2) is 17.2. The van der Waals surface area contributed by atoms with Gasteiger partial charge in [-0.2, -0.15) is 23.1 Å². The fraction of sp³-hybridized carbons (Fsp3) is 0. The van der Waals surface area contributed by atoms with Crippen molar-refractivity contribution in [2.75, 3.05) is 0 Å². The summed E-state index contributed by atoms with van der Waals surface area (Å²) in [5, 5.41) is 10.1. The van der Waals surface area contributed by atoms with Gasteiger partial charge in [0.2, 0.25) is 0 Å². The van der Waals surface area contributed by atoms with E-state index in [-0.39, 0.29) is 22.8 Å². The maximum atomic E-state index is 10.1. The average molecular weight is 331 g/mol. The topological polar surface area (TPSA) is 82.9 Å². The van der Waals surface area contributed by atoms with Gasteiger partial charge in [0.15, 0.2) is 0 Å². The molecule has 0 N–H and O–H groups in total. The monoisotopic (exact) mass is 331 g/mol. The summed E-state index contributed by atoms with van der Waals surface area (Å²) in [6, 6.07) is 16.0. The van der Waals surface area contributed by atoms with Crippen LogP contribution in [0.25, 0.3) is 0 Å². The molecule has 0 saturated heterocycles. The molecule has 2 rings (SSSR count). The average Bonchev–Trinajstić information content (AvgIpc) is 3.02. The molecule has 0 spiro atoms. The van der Waals surface area contributed by atoms with Crippen LogP contribution < -0.4 is 0 Å². The summed E-state index contributed by atoms with van der Waals surface area (Å²) in [5.74, 6) is 0. The normalized spacial score (nSPS) is 6.80. The van der Waals surface area contributed by atoms with Gasteiger partial charge in [-0.1, -0.05) is 12.1 Å². The summed E-state index contributed by atoms with van der Waals surface area (Å²) in [5.41, 5.74) is 0.0486. The number of non-ortho nitro benzene ring substituents is 1. The van der Waals surface area contributed by atoms with E-state index in [1.54, 1.807) is 12.1 Å². The van der Waals surface area contributed by atoms with Crippen LogP contribution >= 0.6 is 0 Å². The van der Waals surface area contributed by atoms with Crippen LogP contribution in [0.15, 0.2) is 59.5 Å². The Kier molecular flexibility index (Phi) is 20.0. The van der Waals surface area contributed by atoms with Crippen molar-refractivity contribution in [2.45, 2.75) is 4.90 Å². The van der Waals surface area contributed by atoms with Gasteiger partial charge in [-0.05, 0) is 6.07 Å². The van der Waals surface area contributed by atoms with Gasteiger partial charge in [0.05, 0.1) is 4.92 Å². The van der Waals surface area contributed by atoms with Crippen molar-refractivity contribution in [1.29, 1.82) is 0 Å². The van der Waals surface area contributed by atoms with E-state index in [2.05, 4.69) is 13.3 Å². The molecule has 5 nitrogen and oxygen atoms in total. The van der Waals surface area contributed by atoms with Crippen molar-refractivity contribution >= 4 is 18.3 Å². The first-order valence-electron chi connectivity index (χ1n) is 4.69. The third-order valence-corrected chi connectivity index (χ3v) is 1.84. The van der Waals surface area contributed by atoms with Crippen molar-refractivity contribution in [3.8, 4) is 0 Å². The second-order valence-electron chi connectivity index (χ2n) is 2.72. The van der Waals surface area contributed by atoms with Crippen LogP contribution in [0.1, 0.15) is 0 Å². The number of nitro benzene ring substituents is 1. The van der Waals surface area contributed by atoms with Gasteiger partial charge in [0.1, 0.15) is 0 Å². The van der Waals surface area contributed by atoms with Crippen LogP contribution in [0.3, 0.4) is 0 Å². The SMILES string of the molecule is O=[N+]([O-])c1cccc([S-])c1.[C-]#[O+].[C-]#[O+].[Fe+2].c1cc[cH-]c1. The number of hydrogen-bond donors (Lipinski definition) is 0. The summed E-state index contributed by atoms with van der Waals surface area (Å²) in [4.78, 5) is 10.1. The summed E-state index contributed by atoms with van der Waals surface area (Å²) in [6.07, 6.45) is 0. The number of rotatable bonds is 1. The Bertz CT molecular complexity index is 474. The molecule has 0 amide bonds. The zero-order valence-corrected chi connectivity index (χ0v) is 12.0. The predicted octanol–water partition coefficient (Wildman–Crippen LogP) is 2.83. The van der Waals surface area contributed by atoms with E-state index in [1.807, 2.05) is 30.3 Å². The van der Waals surface area contributed by atoms with Gasteiger partial charge >= 0.3 is 39.7 Å². The Morgan fingerprint density at radius 3 is 1.85 bits per heavy atom. The van der Waals surface area contributed by atoms with Crippen molar-refractivity contribution in [3.05, 3.63) is 78.0 Å². The molecule has 0 aliphatic rings. The fourth-order valence-electron chi connectivity index (χ4n) is 0.918. The fourth-order valence-corrected chi connectivity index (χ4v) is 1.12. The van der Waals surface area contributed by atoms with Gasteiger partial charge in [-0.3, -0.25) is 10.1 Å². The molecule has 0 aromatic heterocycles. The zero-order valence-electron chi connectivity index (χ0n) is 10.0. The summed E-state index contributed by atoms with van der Waals surface area (Å²) >= 11 is 4.71. The second-order valence-corrected chi connectivity index (χ2v) is 3.19. The number of nitro groups is 1. The molecule has 0 saturated carbocycles. The number of hydrogen-bond acceptors (Lipinski definition) is 3. The quantitative estimate of drug-likeness (QED) is 0.201. The molecule has 0 radical (unpaired) electrons. The van der Waals surface area contributed by atoms with Crippen LogP contribution in [-0.4, -0.2) is 4.92 Å². The Balaban J connectivity index is -0.000000246. The molecule has 0 fully saturated rings. The van der Waals surface area contributed by atoms with Gasteiger partial charge in [-0.15, -0.1) is 0 Å². The number of nitrogens with zero attached hydrogens (tertiary/aromatic N) is 1. The van der Waals surface area contributed by atoms with E-state index in [9.17, 15) is 10.1 Å². The molecule has 104 valence electrons. The van der Waals surface area contributed by atoms with E-state index in [4.69, 9.17) is 21.9 Å². The summed E-state index contributed by atoms with van der Waals surface area (Å²) < 4.78 is 15.0. The molecule has 0 aliphatic carbocycles. The third kappa shape index (κ3) is 12.6. The van der Waals surface area contributed by atoms with E-state index in [0.29, 0.717) is 4.90 Å². The summed E-state index contributed by atoms with van der Waals surface area (Å²) in [6.45, 7) is 9.00. The van der Waals surface area contributed by atoms with Crippen LogP contribution in [0.5, 0.6) is 0 Å². The molecule has 2 aromatic carbocycles. The van der Waals surface area contributed by atoms with Crippen molar-refractivity contribution in [1.82, 2.24) is 0 Å². The minimum atomic E-state index is -0.462. The molecule has 0 bridgehead atoms. The molecule has 0 atom stereocenters. The van der Waals surface area contributed by atoms with Crippen molar-refractivity contribution in [2.24, 2.45) is 0 Å². The molecular weight excluding hydrogens is 322 g/mol. The maximum Gasteiger partial charge on any atom is 2.00 e. The first-order valence-corrected chi connectivity index (χ1v) is 5.10. The Hall–Kier alpha value is -1.81. The van der Waals surface area contributed by atoms with E-state index in [0.717, 1.165) is 0 Å². The van der Waals surface area contributed by atoms with Gasteiger partial charge in [0, 0.05) is 6.07 Å². The molecule has 0 unspecified atom stereocenters. The zero-order chi connectivity index (χ0) is 15.1. The first kappa shape index (κ1) is 23.3. The van der Waals surface area contributed by atoms with Crippen LogP contribution in [0.2, 0.25) is 0 Å². The van der Waals surface area contributed by atoms with Crippen LogP contribution in [-0.2, 0) is 39.0 Å². The van der Waals surface area contributed by atoms with E-state index < -0.39 is 4.92 Å². The van der Waals surface area contributed by atoms with Crippen LogP contribution in [0, 0.1) is 23.4 Å². The van der Waals surface area contributed by atoms with Gasteiger partial charge in [-0.25, -0.2) is 12.1 Å². The smallest absolute Gasteiger partial charge is 0.214 e. The molecule has 20 heavy (non-hydrogen) atoms. The minimum absolute atomic E-state index is 0. The van der Waals surface area contributed by atoms with E-state index in [1.165, 1.54) is 12.1 Å².